The number of hydrogen-bond acceptors (Lipinski definition) is 21. The Kier molecular flexibility index (Phi) is 18.3. The molecule has 0 spiro atoms. The van der Waals surface area contributed by atoms with Gasteiger partial charge in [0.15, 0.2) is 25.0 Å². The molecule has 4 amide bonds. The molecule has 3 rings (SSSR count). The average Bonchev–Trinajstić information content (AvgIpc) is 3.11. The van der Waals surface area contributed by atoms with Gasteiger partial charge in [0, 0.05) is 13.1 Å². The van der Waals surface area contributed by atoms with Crippen LogP contribution in [-0.4, -0.2) is 200 Å². The van der Waals surface area contributed by atoms with Crippen LogP contribution < -0.4 is 27.0 Å². The van der Waals surface area contributed by atoms with Crippen LogP contribution in [0.5, 0.6) is 0 Å². The molecular weight excluding hydrogens is 822 g/mol. The summed E-state index contributed by atoms with van der Waals surface area (Å²) in [5, 5.41) is 96.3. The number of hydrogen-bond donors (Lipinski definition) is 13. The average molecular weight is 888 g/mol. The second kappa shape index (κ2) is 21.4. The van der Waals surface area contributed by atoms with Gasteiger partial charge in [-0.15, -0.1) is 0 Å². The Morgan fingerprint density at radius 3 is 1.59 bits per heavy atom. The van der Waals surface area contributed by atoms with E-state index in [4.69, 9.17) is 43.6 Å². The van der Waals surface area contributed by atoms with E-state index in [1.165, 1.54) is 20.8 Å². The van der Waals surface area contributed by atoms with Crippen LogP contribution in [0.1, 0.15) is 68.7 Å². The van der Waals surface area contributed by atoms with Gasteiger partial charge in [-0.2, -0.15) is 0 Å². The van der Waals surface area contributed by atoms with Crippen LogP contribution in [0, 0.1) is 0 Å². The topological polar surface area (TPSA) is 378 Å². The molecule has 9 unspecified atom stereocenters. The van der Waals surface area contributed by atoms with Gasteiger partial charge in [-0.3, -0.25) is 10.1 Å². The first-order valence-corrected chi connectivity index (χ1v) is 19.7. The summed E-state index contributed by atoms with van der Waals surface area (Å²) in [5.41, 5.74) is 2.73. The maximum atomic E-state index is 13.5. The standard InChI is InChI=1S/C36H65N5O20/c1-34(2,3)59-31(51)38-11-10-14(43)26(50)40-27-24(56-29-20(46)17(18(44)16(13-42)55-29)39-32(52)60-35(4,5)6)23(49)25(28(58-27)41-33(53)61-36(7,8)9)57-30-22(48)21(47)19(45)15(12-37)54-30/h14-25,27-30,42-49H,10-13,37H2,1-9H3,(H,38,51)(H,39,52)(H,40,50)(H,41,53)/t14-,15?,16?,17?,18+,19+,20?,21?,22?,23?,24?,25-,27+,28?,29+,30+/m0/s1. The molecule has 354 valence electrons. The summed E-state index contributed by atoms with van der Waals surface area (Å²) in [6, 6.07) is -1.65. The lowest BCUT2D eigenvalue weighted by Gasteiger charge is -2.49. The SMILES string of the molecule is CC(C)(C)OC(=O)NCC[C@H](O)C(=O)N[C@@H]1OC(NC(=O)OC(C)(C)C)[C@@H](O[C@H]2OC(CN)[C@@H](O)C(O)C2O)C(O)C1O[C@H]1OC(CO)[C@@H](O)C(NC(=O)OC(C)(C)C)C1O. The lowest BCUT2D eigenvalue weighted by molar-refractivity contribution is -0.360. The third-order valence-corrected chi connectivity index (χ3v) is 8.95. The third-order valence-electron chi connectivity index (χ3n) is 8.95. The van der Waals surface area contributed by atoms with Gasteiger partial charge in [0.2, 0.25) is 0 Å². The van der Waals surface area contributed by atoms with Crippen molar-refractivity contribution in [1.82, 2.24) is 21.3 Å². The highest BCUT2D eigenvalue weighted by Crippen LogP contribution is 2.32. The number of ether oxygens (including phenoxy) is 8. The molecule has 3 aliphatic rings. The number of aliphatic hydroxyl groups excluding tert-OH is 8. The minimum Gasteiger partial charge on any atom is -0.444 e. The minimum atomic E-state index is -2.16. The molecule has 25 nitrogen and oxygen atoms in total. The second-order valence-corrected chi connectivity index (χ2v) is 17.7. The molecule has 0 aromatic carbocycles. The van der Waals surface area contributed by atoms with Crippen LogP contribution in [0.3, 0.4) is 0 Å². The van der Waals surface area contributed by atoms with Crippen molar-refractivity contribution in [3.63, 3.8) is 0 Å². The van der Waals surface area contributed by atoms with E-state index in [9.17, 15) is 60.0 Å². The highest BCUT2D eigenvalue weighted by atomic mass is 16.7. The Bertz CT molecular complexity index is 1460. The smallest absolute Gasteiger partial charge is 0.409 e. The fraction of sp³-hybridized carbons (Fsp3) is 0.889. The lowest BCUT2D eigenvalue weighted by atomic mass is 9.95. The summed E-state index contributed by atoms with van der Waals surface area (Å²) in [4.78, 5) is 51.4. The van der Waals surface area contributed by atoms with Gasteiger partial charge in [0.1, 0.15) is 83.9 Å². The van der Waals surface area contributed by atoms with Crippen LogP contribution >= 0.6 is 0 Å². The highest BCUT2D eigenvalue weighted by molar-refractivity contribution is 5.80. The maximum absolute atomic E-state index is 13.5. The molecule has 0 saturated carbocycles. The fourth-order valence-electron chi connectivity index (χ4n) is 6.16. The zero-order valence-corrected chi connectivity index (χ0v) is 35.6. The Labute approximate surface area is 352 Å². The zero-order valence-electron chi connectivity index (χ0n) is 35.6. The largest absolute Gasteiger partial charge is 0.444 e. The van der Waals surface area contributed by atoms with Gasteiger partial charge in [-0.1, -0.05) is 0 Å². The third kappa shape index (κ3) is 15.2. The summed E-state index contributed by atoms with van der Waals surface area (Å²) in [7, 11) is 0. The predicted octanol–water partition coefficient (Wildman–Crippen LogP) is -4.18. The summed E-state index contributed by atoms with van der Waals surface area (Å²) in [5.74, 6) is -1.18. The summed E-state index contributed by atoms with van der Waals surface area (Å²) in [6.07, 6.45) is -31.3. The van der Waals surface area contributed by atoms with Gasteiger partial charge in [-0.25, -0.2) is 14.4 Å². The van der Waals surface area contributed by atoms with Crippen LogP contribution in [-0.2, 0) is 42.7 Å². The minimum absolute atomic E-state index is 0.261. The molecule has 14 N–H and O–H groups in total. The number of nitrogens with one attached hydrogen (secondary N) is 4. The van der Waals surface area contributed by atoms with Gasteiger partial charge in [-0.05, 0) is 68.7 Å². The summed E-state index contributed by atoms with van der Waals surface area (Å²) in [6.45, 7) is 12.6. The monoisotopic (exact) mass is 887 g/mol. The summed E-state index contributed by atoms with van der Waals surface area (Å²) >= 11 is 0. The van der Waals surface area contributed by atoms with Crippen LogP contribution in [0.25, 0.3) is 0 Å². The van der Waals surface area contributed by atoms with Crippen molar-refractivity contribution in [3.05, 3.63) is 0 Å². The number of aliphatic hydroxyl groups is 8. The Balaban J connectivity index is 2.02. The molecule has 16 atom stereocenters. The molecule has 0 aliphatic carbocycles. The van der Waals surface area contributed by atoms with E-state index in [0.29, 0.717) is 0 Å². The van der Waals surface area contributed by atoms with Crippen LogP contribution in [0.15, 0.2) is 0 Å². The Morgan fingerprint density at radius 2 is 1.08 bits per heavy atom. The first-order valence-electron chi connectivity index (χ1n) is 19.7. The Hall–Kier alpha value is -3.28. The molecule has 3 aliphatic heterocycles. The molecule has 3 saturated heterocycles. The quantitative estimate of drug-likeness (QED) is 0.0780. The molecule has 0 radical (unpaired) electrons. The molecule has 61 heavy (non-hydrogen) atoms. The van der Waals surface area contributed by atoms with E-state index < -0.39 is 146 Å². The molecule has 0 aromatic heterocycles. The van der Waals surface area contributed by atoms with Gasteiger partial charge < -0.3 is 100 Å². The molecule has 25 heteroatoms. The predicted molar refractivity (Wildman–Crippen MR) is 203 cm³/mol. The molecule has 3 heterocycles. The second-order valence-electron chi connectivity index (χ2n) is 17.7. The van der Waals surface area contributed by atoms with Crippen LogP contribution in [0.2, 0.25) is 0 Å². The van der Waals surface area contributed by atoms with Crippen molar-refractivity contribution in [3.8, 4) is 0 Å². The van der Waals surface area contributed by atoms with E-state index in [-0.39, 0.29) is 19.5 Å². The van der Waals surface area contributed by atoms with Crippen LogP contribution in [0.4, 0.5) is 14.4 Å². The number of amides is 4. The van der Waals surface area contributed by atoms with Crippen molar-refractivity contribution < 1.29 is 97.9 Å². The number of nitrogens with two attached hydrogens (primary N) is 1. The highest BCUT2D eigenvalue weighted by Gasteiger charge is 2.55. The van der Waals surface area contributed by atoms with Crippen molar-refractivity contribution in [2.24, 2.45) is 5.73 Å². The van der Waals surface area contributed by atoms with Crippen molar-refractivity contribution in [1.29, 1.82) is 0 Å². The normalized spacial score (nSPS) is 35.3. The first kappa shape index (κ1) is 52.1. The fourth-order valence-corrected chi connectivity index (χ4v) is 6.16. The zero-order chi connectivity index (χ0) is 46.4. The van der Waals surface area contributed by atoms with E-state index >= 15 is 0 Å². The van der Waals surface area contributed by atoms with Gasteiger partial charge in [0.25, 0.3) is 5.91 Å². The van der Waals surface area contributed by atoms with Crippen molar-refractivity contribution >= 4 is 24.2 Å². The Morgan fingerprint density at radius 1 is 0.607 bits per heavy atom. The molecule has 0 aromatic rings. The number of alkyl carbamates (subject to hydrolysis) is 3. The molecular formula is C36H65N5O20. The van der Waals surface area contributed by atoms with Crippen molar-refractivity contribution in [2.45, 2.75) is 184 Å². The lowest BCUT2D eigenvalue weighted by Crippen LogP contribution is -2.71. The van der Waals surface area contributed by atoms with E-state index in [1.54, 1.807) is 41.5 Å². The number of rotatable bonds is 13. The van der Waals surface area contributed by atoms with E-state index in [0.717, 1.165) is 0 Å². The van der Waals surface area contributed by atoms with E-state index in [1.807, 2.05) is 0 Å². The van der Waals surface area contributed by atoms with Gasteiger partial charge in [0.05, 0.1) is 12.6 Å². The maximum Gasteiger partial charge on any atom is 0.409 e. The number of carbonyl (C=O) groups excluding carboxylic acids is 4. The van der Waals surface area contributed by atoms with Crippen molar-refractivity contribution in [2.75, 3.05) is 19.7 Å². The summed E-state index contributed by atoms with van der Waals surface area (Å²) < 4.78 is 44.8. The molecule has 0 bridgehead atoms. The molecule has 3 fully saturated rings. The van der Waals surface area contributed by atoms with Gasteiger partial charge >= 0.3 is 18.3 Å². The van der Waals surface area contributed by atoms with E-state index in [2.05, 4.69) is 21.3 Å². The number of carbonyl (C=O) groups is 4. The first-order chi connectivity index (χ1) is 28.0.